The standard InChI is InChI=1S/C7H7BFIO2S/c1-13-6-3-4(10)2-5(7(6)9)8(11)12/h2-3,11-12H,1H3. The van der Waals surface area contributed by atoms with Crippen molar-refractivity contribution in [2.45, 2.75) is 4.90 Å². The van der Waals surface area contributed by atoms with Crippen molar-refractivity contribution in [3.63, 3.8) is 0 Å². The minimum absolute atomic E-state index is 0.0729. The van der Waals surface area contributed by atoms with Crippen LogP contribution in [0, 0.1) is 9.39 Å². The lowest BCUT2D eigenvalue weighted by atomic mass is 9.80. The van der Waals surface area contributed by atoms with E-state index in [1.165, 1.54) is 17.8 Å². The third kappa shape index (κ3) is 2.58. The summed E-state index contributed by atoms with van der Waals surface area (Å²) < 4.78 is 14.1. The van der Waals surface area contributed by atoms with E-state index >= 15 is 0 Å². The van der Waals surface area contributed by atoms with Crippen LogP contribution in [0.25, 0.3) is 0 Å². The Kier molecular flexibility index (Phi) is 4.02. The highest BCUT2D eigenvalue weighted by atomic mass is 127. The molecule has 13 heavy (non-hydrogen) atoms. The first-order chi connectivity index (χ1) is 6.06. The molecule has 1 aromatic rings. The van der Waals surface area contributed by atoms with E-state index in [1.54, 1.807) is 12.3 Å². The zero-order valence-electron chi connectivity index (χ0n) is 6.79. The third-order valence-electron chi connectivity index (χ3n) is 1.53. The van der Waals surface area contributed by atoms with Crippen LogP contribution in [0.15, 0.2) is 17.0 Å². The highest BCUT2D eigenvalue weighted by Gasteiger charge is 2.19. The molecule has 1 aromatic carbocycles. The second kappa shape index (κ2) is 4.63. The quantitative estimate of drug-likeness (QED) is 0.483. The Balaban J connectivity index is 3.27. The van der Waals surface area contributed by atoms with Crippen LogP contribution >= 0.6 is 34.4 Å². The second-order valence-electron chi connectivity index (χ2n) is 2.38. The van der Waals surface area contributed by atoms with Gasteiger partial charge in [0, 0.05) is 13.9 Å². The van der Waals surface area contributed by atoms with Crippen LogP contribution < -0.4 is 5.46 Å². The zero-order valence-corrected chi connectivity index (χ0v) is 9.76. The van der Waals surface area contributed by atoms with Gasteiger partial charge in [-0.15, -0.1) is 11.8 Å². The van der Waals surface area contributed by atoms with Gasteiger partial charge in [-0.3, -0.25) is 0 Å². The molecule has 0 saturated heterocycles. The molecule has 0 atom stereocenters. The molecule has 0 fully saturated rings. The summed E-state index contributed by atoms with van der Waals surface area (Å²) in [6.07, 6.45) is 1.74. The molecular weight excluding hydrogens is 305 g/mol. The molecule has 0 aromatic heterocycles. The van der Waals surface area contributed by atoms with Crippen molar-refractivity contribution in [2.75, 3.05) is 6.26 Å². The van der Waals surface area contributed by atoms with Crippen molar-refractivity contribution in [2.24, 2.45) is 0 Å². The first kappa shape index (κ1) is 11.3. The van der Waals surface area contributed by atoms with E-state index in [9.17, 15) is 4.39 Å². The Hall–Kier alpha value is 0.215. The number of benzene rings is 1. The maximum Gasteiger partial charge on any atom is 0.491 e. The molecule has 0 aliphatic carbocycles. The third-order valence-corrected chi connectivity index (χ3v) is 2.89. The lowest BCUT2D eigenvalue weighted by Gasteiger charge is -2.06. The SMILES string of the molecule is CSc1cc(I)cc(B(O)O)c1F. The molecule has 2 N–H and O–H groups in total. The summed E-state index contributed by atoms with van der Waals surface area (Å²) in [5.74, 6) is -0.553. The Morgan fingerprint density at radius 3 is 2.54 bits per heavy atom. The van der Waals surface area contributed by atoms with Crippen molar-refractivity contribution in [1.82, 2.24) is 0 Å². The molecule has 0 spiro atoms. The highest BCUT2D eigenvalue weighted by molar-refractivity contribution is 14.1. The largest absolute Gasteiger partial charge is 0.491 e. The monoisotopic (exact) mass is 312 g/mol. The van der Waals surface area contributed by atoms with Crippen molar-refractivity contribution >= 4 is 46.9 Å². The van der Waals surface area contributed by atoms with Crippen LogP contribution in [0.3, 0.4) is 0 Å². The first-order valence-electron chi connectivity index (χ1n) is 3.45. The Morgan fingerprint density at radius 1 is 1.46 bits per heavy atom. The lowest BCUT2D eigenvalue weighted by molar-refractivity contribution is 0.422. The van der Waals surface area contributed by atoms with Crippen LogP contribution in [-0.2, 0) is 0 Å². The van der Waals surface area contributed by atoms with Gasteiger partial charge in [0.05, 0.1) is 0 Å². The van der Waals surface area contributed by atoms with E-state index in [1.807, 2.05) is 22.6 Å². The van der Waals surface area contributed by atoms with Crippen LogP contribution in [0.2, 0.25) is 0 Å². The number of hydrogen-bond donors (Lipinski definition) is 2. The van der Waals surface area contributed by atoms with E-state index in [2.05, 4.69) is 0 Å². The van der Waals surface area contributed by atoms with Crippen LogP contribution in [0.5, 0.6) is 0 Å². The average Bonchev–Trinajstić information content (AvgIpc) is 2.08. The van der Waals surface area contributed by atoms with E-state index in [4.69, 9.17) is 10.0 Å². The molecular formula is C7H7BFIO2S. The first-order valence-corrected chi connectivity index (χ1v) is 5.75. The van der Waals surface area contributed by atoms with E-state index in [0.29, 0.717) is 4.90 Å². The molecule has 0 aliphatic heterocycles. The second-order valence-corrected chi connectivity index (χ2v) is 4.48. The van der Waals surface area contributed by atoms with Gasteiger partial charge < -0.3 is 10.0 Å². The average molecular weight is 312 g/mol. The minimum Gasteiger partial charge on any atom is -0.423 e. The van der Waals surface area contributed by atoms with Gasteiger partial charge >= 0.3 is 7.12 Å². The summed E-state index contributed by atoms with van der Waals surface area (Å²) >= 11 is 3.24. The molecule has 0 unspecified atom stereocenters. The normalized spacial score (nSPS) is 10.2. The number of rotatable bonds is 2. The van der Waals surface area contributed by atoms with Crippen molar-refractivity contribution < 1.29 is 14.4 Å². The van der Waals surface area contributed by atoms with E-state index < -0.39 is 12.9 Å². The van der Waals surface area contributed by atoms with E-state index in [0.717, 1.165) is 3.57 Å². The smallest absolute Gasteiger partial charge is 0.423 e. The highest BCUT2D eigenvalue weighted by Crippen LogP contribution is 2.20. The fourth-order valence-electron chi connectivity index (χ4n) is 0.921. The molecule has 0 amide bonds. The molecule has 6 heteroatoms. The molecule has 0 heterocycles. The molecule has 0 aliphatic rings. The predicted octanol–water partition coefficient (Wildman–Crippen LogP) is 0.832. The fraction of sp³-hybridized carbons (Fsp3) is 0.143. The summed E-state index contributed by atoms with van der Waals surface area (Å²) in [5, 5.41) is 17.7. The van der Waals surface area contributed by atoms with Gasteiger partial charge in [-0.1, -0.05) is 0 Å². The van der Waals surface area contributed by atoms with Crippen molar-refractivity contribution in [3.8, 4) is 0 Å². The summed E-state index contributed by atoms with van der Waals surface area (Å²) in [4.78, 5) is 0.426. The summed E-state index contributed by atoms with van der Waals surface area (Å²) in [5.41, 5.74) is -0.0729. The van der Waals surface area contributed by atoms with Crippen molar-refractivity contribution in [3.05, 3.63) is 21.5 Å². The van der Waals surface area contributed by atoms with Gasteiger partial charge in [-0.2, -0.15) is 0 Å². The summed E-state index contributed by atoms with van der Waals surface area (Å²) in [6.45, 7) is 0. The zero-order chi connectivity index (χ0) is 10.0. The maximum atomic E-state index is 13.4. The van der Waals surface area contributed by atoms with Gasteiger partial charge in [-0.25, -0.2) is 4.39 Å². The van der Waals surface area contributed by atoms with Crippen LogP contribution in [0.1, 0.15) is 0 Å². The fourth-order valence-corrected chi connectivity index (χ4v) is 2.32. The summed E-state index contributed by atoms with van der Waals surface area (Å²) in [6, 6.07) is 3.08. The van der Waals surface area contributed by atoms with Gasteiger partial charge in [0.15, 0.2) is 0 Å². The van der Waals surface area contributed by atoms with Crippen molar-refractivity contribution in [1.29, 1.82) is 0 Å². The maximum absolute atomic E-state index is 13.4. The Bertz CT molecular complexity index is 322. The number of thioether (sulfide) groups is 1. The number of halogens is 2. The topological polar surface area (TPSA) is 40.5 Å². The van der Waals surface area contributed by atoms with Crippen LogP contribution in [0.4, 0.5) is 4.39 Å². The Morgan fingerprint density at radius 2 is 2.08 bits per heavy atom. The number of hydrogen-bond acceptors (Lipinski definition) is 3. The molecule has 0 radical (unpaired) electrons. The molecule has 0 saturated carbocycles. The molecule has 70 valence electrons. The predicted molar refractivity (Wildman–Crippen MR) is 60.7 cm³/mol. The lowest BCUT2D eigenvalue weighted by Crippen LogP contribution is -2.33. The van der Waals surface area contributed by atoms with Gasteiger partial charge in [0.2, 0.25) is 0 Å². The van der Waals surface area contributed by atoms with Gasteiger partial charge in [0.25, 0.3) is 0 Å². The van der Waals surface area contributed by atoms with Gasteiger partial charge in [-0.05, 0) is 41.0 Å². The van der Waals surface area contributed by atoms with Gasteiger partial charge in [0.1, 0.15) is 5.82 Å². The van der Waals surface area contributed by atoms with Crippen LogP contribution in [-0.4, -0.2) is 23.4 Å². The molecule has 2 nitrogen and oxygen atoms in total. The molecule has 1 rings (SSSR count). The minimum atomic E-state index is -1.75. The molecule has 0 bridgehead atoms. The van der Waals surface area contributed by atoms with E-state index in [-0.39, 0.29) is 5.46 Å². The summed E-state index contributed by atoms with van der Waals surface area (Å²) in [7, 11) is -1.75. The Labute approximate surface area is 93.8 Å².